The Morgan fingerprint density at radius 2 is 0.368 bits per heavy atom. The van der Waals surface area contributed by atoms with E-state index < -0.39 is 299 Å². The number of β-amino-alcohol motifs (C(OH)–C–C–N with tert-alkyl or cyclic N) is 2. The highest BCUT2D eigenvalue weighted by Crippen LogP contribution is 2.39. The summed E-state index contributed by atoms with van der Waals surface area (Å²) in [7, 11) is 0. The van der Waals surface area contributed by atoms with Gasteiger partial charge in [-0.05, 0) is 0 Å². The molecule has 0 aromatic rings. The van der Waals surface area contributed by atoms with Gasteiger partial charge in [0.25, 0.3) is 0 Å². The third kappa shape index (κ3) is 14.0. The summed E-state index contributed by atoms with van der Waals surface area (Å²) in [5.41, 5.74) is 0. The monoisotopic (exact) mass is 1280 g/mol. The lowest BCUT2D eigenvalue weighted by atomic mass is 9.95. The fraction of sp³-hybridized carbons (Fsp3) is 1.00. The maximum Gasteiger partial charge on any atom is 0.187 e. The summed E-state index contributed by atoms with van der Waals surface area (Å²) in [6.07, 6.45) is -79.6. The summed E-state index contributed by atoms with van der Waals surface area (Å²) < 4.78 is 81.0. The number of nitrogens with zero attached hydrogens (tertiary/aromatic N) is 1. The van der Waals surface area contributed by atoms with Crippen molar-refractivity contribution < 1.29 is 189 Å². The average molecular weight is 1280 g/mol. The SMILES string of the molecule is OC[C@H]1O[C@@H]2O[C@H]3[C@H](O)[C@@H](O)[C@@H](O[C@H]4[C@H](O)[C@@H](O)[C@@H](O[C@H]5[C@H](O)[C@@H](O)[C@@H](O[C@H]6[C@H](O)[C@@H](O)[C@@H](O[C@H]7[C@H](O)[C@@H](O)[C@@H](O[C@H]8[C@H](O)[C@H](O)[C@@H](O[C@H]1[C@H](O)[C@@H]2O)O[C@@H]8CO)O[C@@H]7CN1C[C@@H](O)[C@H](O)[C@H](O)[C@@H](O)C1)O[C@@H]6CO)O[C@@H]5CO)O[C@@H]4CO)O[C@@H]3CO. The second-order valence-corrected chi connectivity index (χ2v) is 22.8. The minimum Gasteiger partial charge on any atom is -0.394 e. The number of rotatable bonds is 8. The summed E-state index contributed by atoms with van der Waals surface area (Å²) in [5, 5.41) is 266. The molecule has 87 heavy (non-hydrogen) atoms. The van der Waals surface area contributed by atoms with E-state index in [0.29, 0.717) is 0 Å². The van der Waals surface area contributed by atoms with Crippen LogP contribution in [-0.2, 0) is 66.3 Å². The van der Waals surface area contributed by atoms with Gasteiger partial charge in [0.05, 0.1) is 51.8 Å². The normalized spacial score (nSPS) is 55.2. The zero-order valence-corrected chi connectivity index (χ0v) is 45.8. The summed E-state index contributed by atoms with van der Waals surface area (Å²) in [6, 6.07) is 0. The molecule has 506 valence electrons. The highest BCUT2D eigenvalue weighted by atomic mass is 16.8. The van der Waals surface area contributed by atoms with Crippen molar-refractivity contribution >= 4 is 0 Å². The third-order valence-corrected chi connectivity index (χ3v) is 17.1. The molecule has 0 saturated carbocycles. The Labute approximate surface area is 491 Å². The molecule has 22 rings (SSSR count). The highest BCUT2D eigenvalue weighted by Gasteiger charge is 2.60. The van der Waals surface area contributed by atoms with Crippen molar-refractivity contribution in [3.05, 3.63) is 0 Å². The van der Waals surface area contributed by atoms with Crippen LogP contribution in [0, 0.1) is 0 Å². The molecule has 0 radical (unpaired) electrons. The molecule has 0 unspecified atom stereocenters. The lowest BCUT2D eigenvalue weighted by molar-refractivity contribution is -0.396. The van der Waals surface area contributed by atoms with Gasteiger partial charge >= 0.3 is 0 Å². The largest absolute Gasteiger partial charge is 0.394 e. The van der Waals surface area contributed by atoms with E-state index in [9.17, 15) is 123 Å². The molecule has 0 spiro atoms. The van der Waals surface area contributed by atoms with Crippen LogP contribution in [0.2, 0.25) is 0 Å². The van der Waals surface area contributed by atoms with Crippen molar-refractivity contribution in [1.29, 1.82) is 0 Å². The predicted octanol–water partition coefficient (Wildman–Crippen LogP) is -17.5. The van der Waals surface area contributed by atoms with Crippen molar-refractivity contribution in [2.24, 2.45) is 0 Å². The molecule has 0 aromatic carbocycles. The molecule has 39 atom stereocenters. The van der Waals surface area contributed by atoms with Gasteiger partial charge in [0, 0.05) is 19.6 Å². The topological polar surface area (TPSA) is 618 Å². The van der Waals surface area contributed by atoms with Crippen LogP contribution in [0.5, 0.6) is 0 Å². The minimum absolute atomic E-state index is 0.530. The molecule has 14 bridgehead atoms. The zero-order valence-electron chi connectivity index (χ0n) is 45.8. The number of likely N-dealkylation sites (tertiary alicyclic amines) is 1. The number of aliphatic hydroxyl groups is 24. The molecular formula is C48H81NO38. The standard InChI is InChI=1S/C48H81NO38/c50-4-13-36-23(62)30(69)44(76-13)84-38-15(6-52)78-46(32(71)25(38)64)86-40-17(8-54)80-48(34(73)27(40)66)87-41-18(9-55)79-47(33(72)26(41)65)85-39-16(7-53)77-45(31(70)24(39)63)83-37-14(5-51)75-43(29(68)22(37)61)81-35-12(74-42(82-36)28(67)21(35)60)3-49-1-10(56)19(58)20(59)11(57)2-49/h10-48,50-73H,1-9H2/t10-,11+,12-,13-,14-,15-,16-,17-,18-,19+,20-,21-,22-,23-,24-,25-,26-,27-,28-,29-,30+,31-,32+,33-,34-,35-,36-,37-,38-,39-,40-,41-,42-,43-,44-,45-,46-,47-,48-/m1/s1. The summed E-state index contributed by atoms with van der Waals surface area (Å²) in [4.78, 5) is 1.19. The first kappa shape index (κ1) is 69.8. The van der Waals surface area contributed by atoms with Crippen LogP contribution in [0.1, 0.15) is 0 Å². The van der Waals surface area contributed by atoms with Crippen molar-refractivity contribution in [2.45, 2.75) is 239 Å². The second kappa shape index (κ2) is 29.4. The Hall–Kier alpha value is -1.56. The first-order chi connectivity index (χ1) is 41.3. The summed E-state index contributed by atoms with van der Waals surface area (Å²) in [5.74, 6) is 0. The molecule has 0 aliphatic carbocycles. The van der Waals surface area contributed by atoms with Gasteiger partial charge in [0.2, 0.25) is 0 Å². The number of hydrogen-bond acceptors (Lipinski definition) is 39. The number of hydrogen-bond donors (Lipinski definition) is 24. The first-order valence-electron chi connectivity index (χ1n) is 28.1. The van der Waals surface area contributed by atoms with Crippen molar-refractivity contribution in [3.8, 4) is 0 Å². The van der Waals surface area contributed by atoms with Crippen LogP contribution in [0.4, 0.5) is 0 Å². The van der Waals surface area contributed by atoms with E-state index in [1.54, 1.807) is 0 Å². The second-order valence-electron chi connectivity index (χ2n) is 22.8. The first-order valence-corrected chi connectivity index (χ1v) is 28.1. The molecule has 22 aliphatic heterocycles. The Balaban J connectivity index is 1.03. The van der Waals surface area contributed by atoms with Crippen LogP contribution in [0.15, 0.2) is 0 Å². The highest BCUT2D eigenvalue weighted by molar-refractivity contribution is 5.03. The molecule has 22 saturated heterocycles. The Bertz CT molecular complexity index is 2110. The van der Waals surface area contributed by atoms with E-state index in [0.717, 1.165) is 0 Å². The molecule has 22 aliphatic rings. The van der Waals surface area contributed by atoms with Crippen molar-refractivity contribution in [1.82, 2.24) is 4.90 Å². The van der Waals surface area contributed by atoms with Gasteiger partial charge in [-0.25, -0.2) is 0 Å². The Morgan fingerprint density at radius 3 is 0.540 bits per heavy atom. The lowest BCUT2D eigenvalue weighted by Gasteiger charge is -2.50. The fourth-order valence-corrected chi connectivity index (χ4v) is 12.1. The maximum absolute atomic E-state index is 11.9. The lowest BCUT2D eigenvalue weighted by Crippen LogP contribution is -2.68. The molecule has 24 N–H and O–H groups in total. The molecule has 22 heterocycles. The van der Waals surface area contributed by atoms with Crippen molar-refractivity contribution in [2.75, 3.05) is 59.3 Å². The predicted molar refractivity (Wildman–Crippen MR) is 262 cm³/mol. The van der Waals surface area contributed by atoms with Gasteiger partial charge in [0.15, 0.2) is 44.0 Å². The molecule has 0 aromatic heterocycles. The Kier molecular flexibility index (Phi) is 23.6. The minimum atomic E-state index is -2.31. The number of ether oxygens (including phenoxy) is 14. The summed E-state index contributed by atoms with van der Waals surface area (Å²) in [6.45, 7) is -8.20. The maximum atomic E-state index is 11.9. The Morgan fingerprint density at radius 1 is 0.207 bits per heavy atom. The van der Waals surface area contributed by atoms with Crippen molar-refractivity contribution in [3.63, 3.8) is 0 Å². The molecule has 22 fully saturated rings. The van der Waals surface area contributed by atoms with E-state index in [1.807, 2.05) is 0 Å². The smallest absolute Gasteiger partial charge is 0.187 e. The van der Waals surface area contributed by atoms with E-state index >= 15 is 0 Å². The molecule has 0 amide bonds. The molecule has 39 nitrogen and oxygen atoms in total. The quantitative estimate of drug-likeness (QED) is 0.107. The van der Waals surface area contributed by atoms with E-state index in [2.05, 4.69) is 0 Å². The zero-order chi connectivity index (χ0) is 63.4. The van der Waals surface area contributed by atoms with Gasteiger partial charge in [-0.15, -0.1) is 0 Å². The van der Waals surface area contributed by atoms with Crippen LogP contribution in [0.3, 0.4) is 0 Å². The van der Waals surface area contributed by atoms with E-state index in [1.165, 1.54) is 4.90 Å². The molecule has 39 heteroatoms. The van der Waals surface area contributed by atoms with Gasteiger partial charge in [-0.3, -0.25) is 4.90 Å². The van der Waals surface area contributed by atoms with Gasteiger partial charge < -0.3 is 189 Å². The van der Waals surface area contributed by atoms with E-state index in [4.69, 9.17) is 66.3 Å². The summed E-state index contributed by atoms with van der Waals surface area (Å²) >= 11 is 0. The van der Waals surface area contributed by atoms with Gasteiger partial charge in [-0.2, -0.15) is 0 Å². The van der Waals surface area contributed by atoms with Crippen LogP contribution in [-0.4, -0.2) is 426 Å². The average Bonchev–Trinajstić information content (AvgIpc) is 1.64. The molecular weight excluding hydrogens is 1200 g/mol. The van der Waals surface area contributed by atoms with Crippen LogP contribution >= 0.6 is 0 Å². The fourth-order valence-electron chi connectivity index (χ4n) is 12.1. The number of aliphatic hydroxyl groups excluding tert-OH is 24. The van der Waals surface area contributed by atoms with E-state index in [-0.39, 0.29) is 0 Å². The third-order valence-electron chi connectivity index (χ3n) is 17.1. The van der Waals surface area contributed by atoms with Gasteiger partial charge in [0.1, 0.15) is 183 Å². The van der Waals surface area contributed by atoms with Crippen LogP contribution in [0.25, 0.3) is 0 Å². The van der Waals surface area contributed by atoms with Crippen LogP contribution < -0.4 is 0 Å². The van der Waals surface area contributed by atoms with Gasteiger partial charge in [-0.1, -0.05) is 0 Å².